The van der Waals surface area contributed by atoms with Crippen LogP contribution in [-0.2, 0) is 20.6 Å². The molecule has 2 N–H and O–H groups in total. The largest absolute Gasteiger partial charge is 0.491 e. The molecule has 4 bridgehead atoms. The molecule has 14 heteroatoms. The van der Waals surface area contributed by atoms with Crippen molar-refractivity contribution >= 4 is 44.9 Å². The molecule has 2 unspecified atom stereocenters. The van der Waals surface area contributed by atoms with Crippen LogP contribution in [0.1, 0.15) is 54.4 Å². The quantitative estimate of drug-likeness (QED) is 0.268. The van der Waals surface area contributed by atoms with Crippen LogP contribution in [0.4, 0.5) is 29.3 Å². The van der Waals surface area contributed by atoms with Crippen molar-refractivity contribution in [2.45, 2.75) is 57.9 Å². The Balaban J connectivity index is 1.58. The lowest BCUT2D eigenvalue weighted by Gasteiger charge is -2.38. The number of benzene rings is 2. The van der Waals surface area contributed by atoms with Crippen LogP contribution in [-0.4, -0.2) is 99.6 Å². The molecule has 1 saturated heterocycles. The normalized spacial score (nSPS) is 20.0. The van der Waals surface area contributed by atoms with Gasteiger partial charge in [-0.25, -0.2) is 9.59 Å². The van der Waals surface area contributed by atoms with Gasteiger partial charge in [0.2, 0.25) is 0 Å². The number of rotatable bonds is 2. The van der Waals surface area contributed by atoms with E-state index in [1.165, 1.54) is 29.5 Å². The van der Waals surface area contributed by atoms with Crippen molar-refractivity contribution in [3.05, 3.63) is 52.4 Å². The number of carbonyl (C=O) groups excluding carboxylic acids is 1. The third-order valence-electron chi connectivity index (χ3n) is 8.48. The van der Waals surface area contributed by atoms with Crippen LogP contribution in [0.15, 0.2) is 36.4 Å². The highest BCUT2D eigenvalue weighted by Crippen LogP contribution is 2.40. The SMILES string of the molecule is CN1CCC2Nc3cccc4c(CC(F)(F)F)c(sc34)C#CCN(C(=O)OC(C)(C)C)c3cc(cc(C(=O)O)c3)OCCOCCOCCC2C1. The van der Waals surface area contributed by atoms with Gasteiger partial charge in [-0.05, 0) is 82.3 Å². The Hall–Kier alpha value is -4.03. The predicted molar refractivity (Wildman–Crippen MR) is 190 cm³/mol. The van der Waals surface area contributed by atoms with Gasteiger partial charge in [0.1, 0.15) is 18.0 Å². The van der Waals surface area contributed by atoms with Crippen LogP contribution in [0.3, 0.4) is 0 Å². The number of amides is 1. The minimum absolute atomic E-state index is 0.0658. The molecule has 1 fully saturated rings. The van der Waals surface area contributed by atoms with Crippen molar-refractivity contribution in [2.75, 3.05) is 69.9 Å². The lowest BCUT2D eigenvalue weighted by atomic mass is 9.89. The number of likely N-dealkylation sites (tertiary alicyclic amines) is 1. The van der Waals surface area contributed by atoms with Crippen molar-refractivity contribution < 1.29 is 46.8 Å². The molecular formula is C37H44F3N3O7S. The fourth-order valence-corrected chi connectivity index (χ4v) is 7.33. The Labute approximate surface area is 299 Å². The van der Waals surface area contributed by atoms with E-state index in [4.69, 9.17) is 18.9 Å². The van der Waals surface area contributed by atoms with Gasteiger partial charge in [0.25, 0.3) is 0 Å². The summed E-state index contributed by atoms with van der Waals surface area (Å²) in [5.74, 6) is 4.98. The Morgan fingerprint density at radius 1 is 1.06 bits per heavy atom. The third kappa shape index (κ3) is 10.7. The third-order valence-corrected chi connectivity index (χ3v) is 9.67. The minimum atomic E-state index is -4.49. The number of nitrogens with one attached hydrogen (secondary N) is 1. The first-order valence-corrected chi connectivity index (χ1v) is 17.7. The van der Waals surface area contributed by atoms with E-state index in [1.54, 1.807) is 32.9 Å². The fourth-order valence-electron chi connectivity index (χ4n) is 6.16. The molecule has 3 aromatic rings. The van der Waals surface area contributed by atoms with Crippen LogP contribution < -0.4 is 15.0 Å². The molecule has 2 aliphatic heterocycles. The molecule has 2 atom stereocenters. The predicted octanol–water partition coefficient (Wildman–Crippen LogP) is 7.05. The molecule has 1 aromatic heterocycles. The molecule has 2 aliphatic rings. The molecule has 2 aromatic carbocycles. The Morgan fingerprint density at radius 2 is 1.80 bits per heavy atom. The average molecular weight is 732 g/mol. The molecule has 1 amide bonds. The van der Waals surface area contributed by atoms with E-state index in [2.05, 4.69) is 29.1 Å². The number of carbonyl (C=O) groups is 2. The smallest absolute Gasteiger partial charge is 0.415 e. The van der Waals surface area contributed by atoms with Gasteiger partial charge in [0.15, 0.2) is 0 Å². The van der Waals surface area contributed by atoms with E-state index >= 15 is 0 Å². The summed E-state index contributed by atoms with van der Waals surface area (Å²) in [5.41, 5.74) is -0.109. The van der Waals surface area contributed by atoms with E-state index in [0.717, 1.165) is 36.5 Å². The average Bonchev–Trinajstić information content (AvgIpc) is 3.38. The number of alkyl halides is 3. The lowest BCUT2D eigenvalue weighted by molar-refractivity contribution is -0.127. The number of carboxylic acid groups (broad SMARTS) is 1. The van der Waals surface area contributed by atoms with Gasteiger partial charge in [0.05, 0.1) is 59.3 Å². The maximum Gasteiger partial charge on any atom is 0.415 e. The summed E-state index contributed by atoms with van der Waals surface area (Å²) in [4.78, 5) is 29.2. The van der Waals surface area contributed by atoms with Gasteiger partial charge in [0, 0.05) is 25.3 Å². The van der Waals surface area contributed by atoms with Gasteiger partial charge in [-0.15, -0.1) is 11.3 Å². The maximum absolute atomic E-state index is 14.0. The zero-order valence-electron chi connectivity index (χ0n) is 29.2. The van der Waals surface area contributed by atoms with Crippen molar-refractivity contribution in [2.24, 2.45) is 5.92 Å². The molecule has 51 heavy (non-hydrogen) atoms. The van der Waals surface area contributed by atoms with Gasteiger partial charge in [-0.1, -0.05) is 24.0 Å². The number of ether oxygens (including phenoxy) is 4. The summed E-state index contributed by atoms with van der Waals surface area (Å²) in [6.45, 7) is 8.03. The molecule has 0 spiro atoms. The second-order valence-corrected chi connectivity index (χ2v) is 14.7. The van der Waals surface area contributed by atoms with Gasteiger partial charge < -0.3 is 34.3 Å². The zero-order chi connectivity index (χ0) is 36.8. The summed E-state index contributed by atoms with van der Waals surface area (Å²) in [7, 11) is 2.08. The lowest BCUT2D eigenvalue weighted by Crippen LogP contribution is -2.45. The number of thiophene rings is 1. The number of fused-ring (bicyclic) bond motifs is 4. The van der Waals surface area contributed by atoms with E-state index in [1.807, 2.05) is 6.07 Å². The number of carboxylic acids is 1. The molecule has 10 nitrogen and oxygen atoms in total. The van der Waals surface area contributed by atoms with E-state index in [9.17, 15) is 27.9 Å². The van der Waals surface area contributed by atoms with Crippen molar-refractivity contribution in [1.82, 2.24) is 4.90 Å². The summed E-state index contributed by atoms with van der Waals surface area (Å²) in [6, 6.07) is 9.51. The highest BCUT2D eigenvalue weighted by Gasteiger charge is 2.32. The van der Waals surface area contributed by atoms with E-state index in [0.29, 0.717) is 29.9 Å². The number of hydrogen-bond donors (Lipinski definition) is 2. The second kappa shape index (κ2) is 16.5. The Bertz CT molecular complexity index is 1760. The van der Waals surface area contributed by atoms with Crippen molar-refractivity contribution in [1.29, 1.82) is 0 Å². The van der Waals surface area contributed by atoms with Crippen LogP contribution in [0, 0.1) is 17.8 Å². The first-order valence-electron chi connectivity index (χ1n) is 16.9. The van der Waals surface area contributed by atoms with Crippen LogP contribution >= 0.6 is 11.3 Å². The van der Waals surface area contributed by atoms with Gasteiger partial charge >= 0.3 is 18.2 Å². The first-order chi connectivity index (χ1) is 24.2. The van der Waals surface area contributed by atoms with Gasteiger partial charge in [-0.2, -0.15) is 13.2 Å². The molecule has 0 radical (unpaired) electrons. The van der Waals surface area contributed by atoms with Gasteiger partial charge in [-0.3, -0.25) is 4.90 Å². The van der Waals surface area contributed by atoms with Crippen LogP contribution in [0.25, 0.3) is 10.1 Å². The standard InChI is InChI=1S/C37H44F3N3O7S/c1-36(2,3)50-35(46)43-12-6-9-32-29(22-37(38,39)40)28-7-5-8-31(33(28)51-32)41-30-10-13-42(4)23-24(30)11-14-47-15-16-48-17-18-49-27-20-25(34(44)45)19-26(43)21-27/h5,7-8,19-21,24,30,41H,10-18,22-23H2,1-4H3,(H,44,45). The molecular weight excluding hydrogens is 687 g/mol. The second-order valence-electron chi connectivity index (χ2n) is 13.7. The minimum Gasteiger partial charge on any atom is -0.491 e. The highest BCUT2D eigenvalue weighted by molar-refractivity contribution is 7.20. The zero-order valence-corrected chi connectivity index (χ0v) is 30.0. The molecule has 3 heterocycles. The topological polar surface area (TPSA) is 110 Å². The number of piperidine rings is 1. The number of nitrogens with zero attached hydrogens (tertiary/aromatic N) is 2. The molecule has 0 aliphatic carbocycles. The summed E-state index contributed by atoms with van der Waals surface area (Å²) < 4.78 is 65.6. The highest BCUT2D eigenvalue weighted by atomic mass is 32.1. The van der Waals surface area contributed by atoms with Crippen LogP contribution in [0.5, 0.6) is 5.75 Å². The monoisotopic (exact) mass is 731 g/mol. The Kier molecular flexibility index (Phi) is 12.4. The first kappa shape index (κ1) is 38.2. The maximum atomic E-state index is 14.0. The number of aromatic carboxylic acids is 1. The fraction of sp³-hybridized carbons (Fsp3) is 0.514. The summed E-state index contributed by atoms with van der Waals surface area (Å²) >= 11 is 1.18. The molecule has 276 valence electrons. The van der Waals surface area contributed by atoms with Crippen molar-refractivity contribution in [3.63, 3.8) is 0 Å². The Morgan fingerprint density at radius 3 is 2.53 bits per heavy atom. The number of anilines is 2. The summed E-state index contributed by atoms with van der Waals surface area (Å²) in [6.07, 6.45) is -4.83. The molecule has 5 rings (SSSR count). The number of hydrogen-bond acceptors (Lipinski definition) is 9. The molecule has 0 saturated carbocycles. The number of halogens is 3. The summed E-state index contributed by atoms with van der Waals surface area (Å²) in [5, 5.41) is 14.0. The van der Waals surface area contributed by atoms with Crippen molar-refractivity contribution in [3.8, 4) is 17.6 Å². The van der Waals surface area contributed by atoms with E-state index in [-0.39, 0.29) is 59.2 Å². The van der Waals surface area contributed by atoms with E-state index < -0.39 is 30.3 Å². The van der Waals surface area contributed by atoms with Crippen LogP contribution in [0.2, 0.25) is 0 Å².